The largest absolute Gasteiger partial charge is 0.490 e. The zero-order chi connectivity index (χ0) is 16.8. The van der Waals surface area contributed by atoms with E-state index in [4.69, 9.17) is 21.1 Å². The summed E-state index contributed by atoms with van der Waals surface area (Å²) < 4.78 is 11.7. The van der Waals surface area contributed by atoms with Gasteiger partial charge in [0.1, 0.15) is 19.0 Å². The molecule has 0 aliphatic heterocycles. The van der Waals surface area contributed by atoms with Crippen LogP contribution in [0.2, 0.25) is 5.02 Å². The van der Waals surface area contributed by atoms with Gasteiger partial charge in [0.2, 0.25) is 0 Å². The maximum absolute atomic E-state index is 11.8. The van der Waals surface area contributed by atoms with Gasteiger partial charge < -0.3 is 9.47 Å². The molecular formula is C19H15ClO3S. The van der Waals surface area contributed by atoms with Crippen LogP contribution in [0.3, 0.4) is 0 Å². The molecule has 0 saturated heterocycles. The minimum atomic E-state index is -0.416. The lowest BCUT2D eigenvalue weighted by Crippen LogP contribution is -2.10. The highest BCUT2D eigenvalue weighted by molar-refractivity contribution is 7.20. The zero-order valence-corrected chi connectivity index (χ0v) is 14.3. The Kier molecular flexibility index (Phi) is 5.51. The standard InChI is InChI=1S/C19H15ClO3S/c20-19-15-8-4-5-9-16(15)24-17(19)10-11-18(21)23-13-12-22-14-6-2-1-3-7-14/h1-11H,12-13H2/b11-10+. The molecule has 0 radical (unpaired) electrons. The lowest BCUT2D eigenvalue weighted by atomic mass is 10.2. The zero-order valence-electron chi connectivity index (χ0n) is 12.8. The Bertz CT molecular complexity index is 855. The molecule has 1 aromatic heterocycles. The molecule has 0 spiro atoms. The number of fused-ring (bicyclic) bond motifs is 1. The molecule has 0 unspecified atom stereocenters. The van der Waals surface area contributed by atoms with Crippen molar-refractivity contribution in [1.29, 1.82) is 0 Å². The van der Waals surface area contributed by atoms with Crippen molar-refractivity contribution in [2.24, 2.45) is 0 Å². The van der Waals surface area contributed by atoms with Crippen LogP contribution in [-0.4, -0.2) is 19.2 Å². The molecule has 0 bridgehead atoms. The van der Waals surface area contributed by atoms with Crippen LogP contribution < -0.4 is 4.74 Å². The minimum Gasteiger partial charge on any atom is -0.490 e. The van der Waals surface area contributed by atoms with E-state index >= 15 is 0 Å². The number of carbonyl (C=O) groups excluding carboxylic acids is 1. The van der Waals surface area contributed by atoms with Crippen LogP contribution in [-0.2, 0) is 9.53 Å². The Morgan fingerprint density at radius 1 is 1.04 bits per heavy atom. The number of para-hydroxylation sites is 1. The SMILES string of the molecule is O=C(/C=C/c1sc2ccccc2c1Cl)OCCOc1ccccc1. The van der Waals surface area contributed by atoms with Crippen molar-refractivity contribution >= 4 is 45.1 Å². The van der Waals surface area contributed by atoms with Gasteiger partial charge in [-0.2, -0.15) is 0 Å². The first-order valence-electron chi connectivity index (χ1n) is 7.44. The summed E-state index contributed by atoms with van der Waals surface area (Å²) in [6, 6.07) is 17.3. The van der Waals surface area contributed by atoms with Crippen molar-refractivity contribution in [3.63, 3.8) is 0 Å². The molecule has 3 nitrogen and oxygen atoms in total. The first-order valence-corrected chi connectivity index (χ1v) is 8.63. The topological polar surface area (TPSA) is 35.5 Å². The Morgan fingerprint density at radius 2 is 1.79 bits per heavy atom. The van der Waals surface area contributed by atoms with Gasteiger partial charge in [-0.15, -0.1) is 11.3 Å². The second kappa shape index (κ2) is 7.99. The fourth-order valence-corrected chi connectivity index (χ4v) is 3.55. The minimum absolute atomic E-state index is 0.193. The average molecular weight is 359 g/mol. The molecule has 1 heterocycles. The predicted molar refractivity (Wildman–Crippen MR) is 98.8 cm³/mol. The summed E-state index contributed by atoms with van der Waals surface area (Å²) in [6.45, 7) is 0.505. The van der Waals surface area contributed by atoms with E-state index in [1.807, 2.05) is 54.6 Å². The predicted octanol–water partition coefficient (Wildman–Crippen LogP) is 5.19. The van der Waals surface area contributed by atoms with Crippen LogP contribution in [0.5, 0.6) is 5.75 Å². The number of benzene rings is 2. The van der Waals surface area contributed by atoms with Crippen LogP contribution in [0.15, 0.2) is 60.7 Å². The van der Waals surface area contributed by atoms with Gasteiger partial charge in [-0.3, -0.25) is 0 Å². The summed E-state index contributed by atoms with van der Waals surface area (Å²) in [5.74, 6) is 0.335. The van der Waals surface area contributed by atoms with E-state index < -0.39 is 5.97 Å². The molecule has 0 saturated carbocycles. The molecule has 3 aromatic rings. The van der Waals surface area contributed by atoms with Crippen molar-refractivity contribution in [2.75, 3.05) is 13.2 Å². The van der Waals surface area contributed by atoms with Gasteiger partial charge in [0.05, 0.1) is 5.02 Å². The second-order valence-corrected chi connectivity index (χ2v) is 6.40. The van der Waals surface area contributed by atoms with E-state index in [1.165, 1.54) is 6.08 Å². The lowest BCUT2D eigenvalue weighted by Gasteiger charge is -2.05. The summed E-state index contributed by atoms with van der Waals surface area (Å²) in [5, 5.41) is 1.65. The molecule has 2 aromatic carbocycles. The molecule has 5 heteroatoms. The normalized spacial score (nSPS) is 11.0. The van der Waals surface area contributed by atoms with Gasteiger partial charge in [0.15, 0.2) is 0 Å². The highest BCUT2D eigenvalue weighted by Gasteiger charge is 2.07. The van der Waals surface area contributed by atoms with Crippen LogP contribution in [0.4, 0.5) is 0 Å². The smallest absolute Gasteiger partial charge is 0.330 e. The number of hydrogen-bond donors (Lipinski definition) is 0. The molecule has 3 rings (SSSR count). The highest BCUT2D eigenvalue weighted by atomic mass is 35.5. The van der Waals surface area contributed by atoms with Gasteiger partial charge in [0.25, 0.3) is 0 Å². The Labute approximate surface area is 149 Å². The number of ether oxygens (including phenoxy) is 2. The van der Waals surface area contributed by atoms with Crippen LogP contribution in [0, 0.1) is 0 Å². The Hall–Kier alpha value is -2.30. The summed E-state index contributed by atoms with van der Waals surface area (Å²) in [5.41, 5.74) is 0. The van der Waals surface area contributed by atoms with Gasteiger partial charge in [0, 0.05) is 21.0 Å². The summed E-state index contributed by atoms with van der Waals surface area (Å²) in [4.78, 5) is 12.6. The first-order chi connectivity index (χ1) is 11.7. The fraction of sp³-hybridized carbons (Fsp3) is 0.105. The van der Waals surface area contributed by atoms with Crippen molar-refractivity contribution in [3.05, 3.63) is 70.6 Å². The van der Waals surface area contributed by atoms with Crippen molar-refractivity contribution in [1.82, 2.24) is 0 Å². The maximum Gasteiger partial charge on any atom is 0.330 e. The van der Waals surface area contributed by atoms with E-state index in [9.17, 15) is 4.79 Å². The molecule has 0 aliphatic rings. The van der Waals surface area contributed by atoms with Gasteiger partial charge in [-0.1, -0.05) is 48.0 Å². The third-order valence-electron chi connectivity index (χ3n) is 3.27. The molecule has 0 amide bonds. The molecule has 24 heavy (non-hydrogen) atoms. The van der Waals surface area contributed by atoms with E-state index in [1.54, 1.807) is 17.4 Å². The molecule has 122 valence electrons. The number of esters is 1. The molecule has 0 N–H and O–H groups in total. The number of carbonyl (C=O) groups is 1. The van der Waals surface area contributed by atoms with Crippen LogP contribution in [0.25, 0.3) is 16.2 Å². The van der Waals surface area contributed by atoms with Gasteiger partial charge >= 0.3 is 5.97 Å². The monoisotopic (exact) mass is 358 g/mol. The third kappa shape index (κ3) is 4.16. The first kappa shape index (κ1) is 16.6. The van der Waals surface area contributed by atoms with Crippen molar-refractivity contribution in [3.8, 4) is 5.75 Å². The van der Waals surface area contributed by atoms with E-state index in [0.717, 1.165) is 20.7 Å². The molecule has 0 atom stereocenters. The lowest BCUT2D eigenvalue weighted by molar-refractivity contribution is -0.138. The van der Waals surface area contributed by atoms with E-state index in [2.05, 4.69) is 0 Å². The number of thiophene rings is 1. The maximum atomic E-state index is 11.8. The third-order valence-corrected chi connectivity index (χ3v) is 4.93. The number of rotatable bonds is 6. The molecule has 0 fully saturated rings. The Morgan fingerprint density at radius 3 is 2.58 bits per heavy atom. The van der Waals surface area contributed by atoms with Crippen molar-refractivity contribution < 1.29 is 14.3 Å². The fourth-order valence-electron chi connectivity index (χ4n) is 2.15. The summed E-state index contributed by atoms with van der Waals surface area (Å²) >= 11 is 7.86. The number of hydrogen-bond acceptors (Lipinski definition) is 4. The summed E-state index contributed by atoms with van der Waals surface area (Å²) in [7, 11) is 0. The van der Waals surface area contributed by atoms with Gasteiger partial charge in [-0.25, -0.2) is 4.79 Å². The molecular weight excluding hydrogens is 344 g/mol. The van der Waals surface area contributed by atoms with Crippen LogP contribution >= 0.6 is 22.9 Å². The quantitative estimate of drug-likeness (QED) is 0.345. The Balaban J connectivity index is 1.50. The summed E-state index contributed by atoms with van der Waals surface area (Å²) in [6.07, 6.45) is 3.08. The molecule has 0 aliphatic carbocycles. The second-order valence-electron chi connectivity index (χ2n) is 4.94. The average Bonchev–Trinajstić information content (AvgIpc) is 2.94. The van der Waals surface area contributed by atoms with Crippen molar-refractivity contribution in [2.45, 2.75) is 0 Å². The van der Waals surface area contributed by atoms with E-state index in [0.29, 0.717) is 11.6 Å². The number of halogens is 1. The highest BCUT2D eigenvalue weighted by Crippen LogP contribution is 2.35. The van der Waals surface area contributed by atoms with E-state index in [-0.39, 0.29) is 6.61 Å². The van der Waals surface area contributed by atoms with Gasteiger partial charge in [-0.05, 0) is 24.3 Å². The van der Waals surface area contributed by atoms with Crippen LogP contribution in [0.1, 0.15) is 4.88 Å².